The van der Waals surface area contributed by atoms with Gasteiger partial charge in [-0.15, -0.1) is 0 Å². The molecule has 2 N–H and O–H groups in total. The first kappa shape index (κ1) is 17.9. The molecule has 0 atom stereocenters. The zero-order valence-corrected chi connectivity index (χ0v) is 14.9. The molecule has 0 radical (unpaired) electrons. The first-order valence-corrected chi connectivity index (χ1v) is 8.18. The summed E-state index contributed by atoms with van der Waals surface area (Å²) in [6.07, 6.45) is 3.04. The molecule has 1 aromatic heterocycles. The fraction of sp³-hybridized carbons (Fsp3) is 0.100. The highest BCUT2D eigenvalue weighted by atomic mass is 16.2. The normalized spacial score (nSPS) is 10.1. The molecule has 3 aromatic rings. The van der Waals surface area contributed by atoms with E-state index < -0.39 is 0 Å². The standard InChI is InChI=1S/C20H17N5O2/c1-13-3-8-16(23-19(26)15-6-4-14(10-21)5-7-15)9-17(13)24-20(27)18-11-22-12-25(18)2/h3-9,11-12H,1-2H3,(H,23,26)(H,24,27). The van der Waals surface area contributed by atoms with Gasteiger partial charge in [0.05, 0.1) is 24.2 Å². The predicted octanol–water partition coefficient (Wildman–Crippen LogP) is 3.10. The number of imidazole rings is 1. The van der Waals surface area contributed by atoms with E-state index in [2.05, 4.69) is 15.6 Å². The molecule has 2 aromatic carbocycles. The SMILES string of the molecule is Cc1ccc(NC(=O)c2ccc(C#N)cc2)cc1NC(=O)c1cncn1C. The molecule has 0 fully saturated rings. The van der Waals surface area contributed by atoms with Crippen LogP contribution in [0.3, 0.4) is 0 Å². The summed E-state index contributed by atoms with van der Waals surface area (Å²) in [5.74, 6) is -0.582. The predicted molar refractivity (Wildman–Crippen MR) is 101 cm³/mol. The Morgan fingerprint density at radius 3 is 2.44 bits per heavy atom. The van der Waals surface area contributed by atoms with Gasteiger partial charge in [0.25, 0.3) is 11.8 Å². The average molecular weight is 359 g/mol. The van der Waals surface area contributed by atoms with Crippen LogP contribution in [0.1, 0.15) is 32.0 Å². The lowest BCUT2D eigenvalue weighted by atomic mass is 10.1. The van der Waals surface area contributed by atoms with Gasteiger partial charge >= 0.3 is 0 Å². The van der Waals surface area contributed by atoms with Crippen LogP contribution in [0.25, 0.3) is 0 Å². The van der Waals surface area contributed by atoms with Gasteiger partial charge < -0.3 is 15.2 Å². The topological polar surface area (TPSA) is 99.8 Å². The van der Waals surface area contributed by atoms with Crippen molar-refractivity contribution in [2.75, 3.05) is 10.6 Å². The van der Waals surface area contributed by atoms with Crippen molar-refractivity contribution in [2.24, 2.45) is 7.05 Å². The lowest BCUT2D eigenvalue weighted by Crippen LogP contribution is -2.17. The second kappa shape index (κ2) is 7.54. The molecule has 3 rings (SSSR count). The van der Waals surface area contributed by atoms with Crippen LogP contribution in [0.4, 0.5) is 11.4 Å². The Kier molecular flexibility index (Phi) is 4.99. The summed E-state index contributed by atoms with van der Waals surface area (Å²) < 4.78 is 1.63. The maximum atomic E-state index is 12.4. The molecule has 0 spiro atoms. The number of nitriles is 1. The summed E-state index contributed by atoms with van der Waals surface area (Å²) in [6, 6.07) is 13.6. The molecule has 134 valence electrons. The Labute approximate surface area is 156 Å². The number of carbonyl (C=O) groups excluding carboxylic acids is 2. The number of amides is 2. The fourth-order valence-electron chi connectivity index (χ4n) is 2.50. The maximum Gasteiger partial charge on any atom is 0.273 e. The van der Waals surface area contributed by atoms with Crippen LogP contribution >= 0.6 is 0 Å². The van der Waals surface area contributed by atoms with Gasteiger partial charge in [-0.2, -0.15) is 5.26 Å². The van der Waals surface area contributed by atoms with E-state index in [4.69, 9.17) is 5.26 Å². The highest BCUT2D eigenvalue weighted by Crippen LogP contribution is 2.21. The molecule has 0 aliphatic heterocycles. The van der Waals surface area contributed by atoms with Gasteiger partial charge in [-0.3, -0.25) is 9.59 Å². The molecule has 7 nitrogen and oxygen atoms in total. The number of rotatable bonds is 4. The van der Waals surface area contributed by atoms with Crippen molar-refractivity contribution >= 4 is 23.2 Å². The summed E-state index contributed by atoms with van der Waals surface area (Å²) >= 11 is 0. The molecule has 27 heavy (non-hydrogen) atoms. The Balaban J connectivity index is 1.76. The van der Waals surface area contributed by atoms with E-state index in [0.29, 0.717) is 28.2 Å². The molecular formula is C20H17N5O2. The third-order valence-corrected chi connectivity index (χ3v) is 4.07. The van der Waals surface area contributed by atoms with E-state index in [1.165, 1.54) is 6.20 Å². The van der Waals surface area contributed by atoms with Crippen molar-refractivity contribution in [3.05, 3.63) is 77.4 Å². The number of hydrogen-bond acceptors (Lipinski definition) is 4. The number of nitrogens with one attached hydrogen (secondary N) is 2. The first-order valence-electron chi connectivity index (χ1n) is 8.18. The number of aromatic nitrogens is 2. The van der Waals surface area contributed by atoms with Gasteiger partial charge in [0.15, 0.2) is 0 Å². The molecular weight excluding hydrogens is 342 g/mol. The zero-order valence-electron chi connectivity index (χ0n) is 14.9. The molecule has 1 heterocycles. The summed E-state index contributed by atoms with van der Waals surface area (Å²) in [4.78, 5) is 28.7. The third-order valence-electron chi connectivity index (χ3n) is 4.07. The molecule has 0 unspecified atom stereocenters. The third kappa shape index (κ3) is 4.02. The van der Waals surface area contributed by atoms with Crippen molar-refractivity contribution in [1.82, 2.24) is 9.55 Å². The summed E-state index contributed by atoms with van der Waals surface area (Å²) in [5, 5.41) is 14.5. The first-order chi connectivity index (χ1) is 13.0. The molecule has 0 bridgehead atoms. The van der Waals surface area contributed by atoms with Gasteiger partial charge in [-0.25, -0.2) is 4.98 Å². The highest BCUT2D eigenvalue weighted by Gasteiger charge is 2.13. The van der Waals surface area contributed by atoms with Crippen LogP contribution in [-0.4, -0.2) is 21.4 Å². The summed E-state index contributed by atoms with van der Waals surface area (Å²) in [6.45, 7) is 1.87. The second-order valence-electron chi connectivity index (χ2n) is 6.02. The maximum absolute atomic E-state index is 12.4. The van der Waals surface area contributed by atoms with Crippen LogP contribution in [0.2, 0.25) is 0 Å². The van der Waals surface area contributed by atoms with E-state index in [9.17, 15) is 9.59 Å². The second-order valence-corrected chi connectivity index (χ2v) is 6.02. The summed E-state index contributed by atoms with van der Waals surface area (Å²) in [7, 11) is 1.74. The molecule has 0 aliphatic carbocycles. The molecule has 2 amide bonds. The minimum Gasteiger partial charge on any atom is -0.330 e. The highest BCUT2D eigenvalue weighted by molar-refractivity contribution is 6.06. The average Bonchev–Trinajstić information content (AvgIpc) is 3.10. The Bertz CT molecular complexity index is 1040. The van der Waals surface area contributed by atoms with Crippen molar-refractivity contribution in [3.63, 3.8) is 0 Å². The van der Waals surface area contributed by atoms with E-state index in [1.54, 1.807) is 54.3 Å². The zero-order chi connectivity index (χ0) is 19.4. The van der Waals surface area contributed by atoms with Gasteiger partial charge in [0.1, 0.15) is 5.69 Å². The quantitative estimate of drug-likeness (QED) is 0.747. The van der Waals surface area contributed by atoms with Crippen LogP contribution in [-0.2, 0) is 7.05 Å². The molecule has 0 saturated heterocycles. The fourth-order valence-corrected chi connectivity index (χ4v) is 2.50. The number of anilines is 2. The largest absolute Gasteiger partial charge is 0.330 e. The lowest BCUT2D eigenvalue weighted by Gasteiger charge is -2.12. The smallest absolute Gasteiger partial charge is 0.273 e. The van der Waals surface area contributed by atoms with Crippen molar-refractivity contribution in [3.8, 4) is 6.07 Å². The van der Waals surface area contributed by atoms with Gasteiger partial charge in [-0.05, 0) is 48.9 Å². The van der Waals surface area contributed by atoms with Crippen LogP contribution in [0.5, 0.6) is 0 Å². The van der Waals surface area contributed by atoms with E-state index in [-0.39, 0.29) is 11.8 Å². The minimum absolute atomic E-state index is 0.284. The molecule has 0 aliphatic rings. The number of hydrogen-bond donors (Lipinski definition) is 2. The Morgan fingerprint density at radius 2 is 1.81 bits per heavy atom. The van der Waals surface area contributed by atoms with E-state index in [1.807, 2.05) is 19.1 Å². The molecule has 0 saturated carbocycles. The van der Waals surface area contributed by atoms with E-state index in [0.717, 1.165) is 5.56 Å². The van der Waals surface area contributed by atoms with Crippen LogP contribution < -0.4 is 10.6 Å². The molecule has 7 heteroatoms. The van der Waals surface area contributed by atoms with E-state index >= 15 is 0 Å². The lowest BCUT2D eigenvalue weighted by molar-refractivity contribution is 0.101. The van der Waals surface area contributed by atoms with Gasteiger partial charge in [-0.1, -0.05) is 6.07 Å². The number of aryl methyl sites for hydroxylation is 2. The van der Waals surface area contributed by atoms with Crippen LogP contribution in [0.15, 0.2) is 55.0 Å². The monoisotopic (exact) mass is 359 g/mol. The Hall–Kier alpha value is -3.92. The van der Waals surface area contributed by atoms with Crippen molar-refractivity contribution < 1.29 is 9.59 Å². The van der Waals surface area contributed by atoms with Crippen molar-refractivity contribution in [1.29, 1.82) is 5.26 Å². The van der Waals surface area contributed by atoms with Crippen molar-refractivity contribution in [2.45, 2.75) is 6.92 Å². The van der Waals surface area contributed by atoms with Crippen LogP contribution in [0, 0.1) is 18.3 Å². The number of nitrogens with zero attached hydrogens (tertiary/aromatic N) is 3. The van der Waals surface area contributed by atoms with Gasteiger partial charge in [0, 0.05) is 24.0 Å². The number of carbonyl (C=O) groups is 2. The summed E-state index contributed by atoms with van der Waals surface area (Å²) in [5.41, 5.74) is 3.37. The Morgan fingerprint density at radius 1 is 1.07 bits per heavy atom. The minimum atomic E-state index is -0.299. The number of benzene rings is 2. The van der Waals surface area contributed by atoms with Gasteiger partial charge in [0.2, 0.25) is 0 Å².